The number of nitrogens with two attached hydrogens (primary N) is 1. The van der Waals surface area contributed by atoms with Crippen LogP contribution in [0.15, 0.2) is 47.5 Å². The van der Waals surface area contributed by atoms with E-state index in [1.165, 1.54) is 18.3 Å². The predicted octanol–water partition coefficient (Wildman–Crippen LogP) is 1.29. The van der Waals surface area contributed by atoms with E-state index in [9.17, 15) is 13.2 Å². The molecule has 2 rings (SSSR count). The fraction of sp³-hybridized carbons (Fsp3) is 0.0769. The Morgan fingerprint density at radius 2 is 2.00 bits per heavy atom. The summed E-state index contributed by atoms with van der Waals surface area (Å²) in [6.07, 6.45) is 1.52. The molecule has 1 heterocycles. The van der Waals surface area contributed by atoms with Crippen LogP contribution < -0.4 is 10.5 Å². The van der Waals surface area contributed by atoms with Crippen molar-refractivity contribution >= 4 is 21.6 Å². The lowest BCUT2D eigenvalue weighted by atomic mass is 10.2. The van der Waals surface area contributed by atoms with Crippen LogP contribution in [0.1, 0.15) is 16.1 Å². The quantitative estimate of drug-likeness (QED) is 0.889. The number of sulfonamides is 1. The van der Waals surface area contributed by atoms with Gasteiger partial charge >= 0.3 is 0 Å². The minimum absolute atomic E-state index is 0.0355. The molecule has 0 saturated heterocycles. The molecule has 6 nitrogen and oxygen atoms in total. The number of primary sulfonamides is 1. The Labute approximate surface area is 116 Å². The number of anilines is 1. The second kappa shape index (κ2) is 5.40. The third kappa shape index (κ3) is 3.19. The largest absolute Gasteiger partial charge is 0.321 e. The molecule has 0 aliphatic heterocycles. The molecule has 0 atom stereocenters. The van der Waals surface area contributed by atoms with Crippen molar-refractivity contribution in [3.63, 3.8) is 0 Å². The Kier molecular flexibility index (Phi) is 3.82. The maximum Gasteiger partial charge on any atom is 0.274 e. The van der Waals surface area contributed by atoms with E-state index in [4.69, 9.17) is 5.14 Å². The number of benzene rings is 1. The van der Waals surface area contributed by atoms with Crippen LogP contribution in [0, 0.1) is 6.92 Å². The molecule has 0 bridgehead atoms. The van der Waals surface area contributed by atoms with E-state index in [2.05, 4.69) is 10.3 Å². The number of nitrogens with zero attached hydrogens (tertiary/aromatic N) is 1. The first-order chi connectivity index (χ1) is 9.38. The molecule has 0 aliphatic rings. The van der Waals surface area contributed by atoms with Crippen LogP contribution in [0.2, 0.25) is 0 Å². The van der Waals surface area contributed by atoms with Crippen molar-refractivity contribution in [3.8, 4) is 0 Å². The fourth-order valence-corrected chi connectivity index (χ4v) is 2.50. The third-order valence-electron chi connectivity index (χ3n) is 2.64. The Bertz CT molecular complexity index is 743. The molecule has 1 aromatic heterocycles. The van der Waals surface area contributed by atoms with Crippen molar-refractivity contribution in [3.05, 3.63) is 53.9 Å². The highest BCUT2D eigenvalue weighted by molar-refractivity contribution is 7.89. The molecule has 0 radical (unpaired) electrons. The van der Waals surface area contributed by atoms with Crippen LogP contribution >= 0.6 is 0 Å². The SMILES string of the molecule is Cc1cc(NC(=O)c2ccccn2)ccc1S(N)(=O)=O. The fourth-order valence-electron chi connectivity index (χ4n) is 1.74. The lowest BCUT2D eigenvalue weighted by Gasteiger charge is -2.08. The molecule has 1 aromatic carbocycles. The standard InChI is InChI=1S/C13H13N3O3S/c1-9-8-10(5-6-12(9)20(14,18)19)16-13(17)11-4-2-3-7-15-11/h2-8H,1H3,(H,16,17)(H2,14,18,19). The molecule has 0 saturated carbocycles. The number of aromatic nitrogens is 1. The summed E-state index contributed by atoms with van der Waals surface area (Å²) in [4.78, 5) is 15.9. The maximum atomic E-state index is 11.9. The Morgan fingerprint density at radius 1 is 1.25 bits per heavy atom. The van der Waals surface area contributed by atoms with E-state index in [1.807, 2.05) is 0 Å². The third-order valence-corrected chi connectivity index (χ3v) is 3.71. The molecule has 7 heteroatoms. The molecule has 1 amide bonds. The summed E-state index contributed by atoms with van der Waals surface area (Å²) in [5.41, 5.74) is 1.22. The van der Waals surface area contributed by atoms with Gasteiger partial charge in [-0.25, -0.2) is 13.6 Å². The van der Waals surface area contributed by atoms with E-state index in [0.29, 0.717) is 11.3 Å². The van der Waals surface area contributed by atoms with Crippen molar-refractivity contribution in [1.29, 1.82) is 0 Å². The summed E-state index contributed by atoms with van der Waals surface area (Å²) < 4.78 is 22.6. The summed E-state index contributed by atoms with van der Waals surface area (Å²) in [7, 11) is -3.76. The minimum Gasteiger partial charge on any atom is -0.321 e. The number of aryl methyl sites for hydroxylation is 1. The summed E-state index contributed by atoms with van der Waals surface area (Å²) >= 11 is 0. The molecule has 3 N–H and O–H groups in total. The molecule has 0 aliphatic carbocycles. The van der Waals surface area contributed by atoms with E-state index >= 15 is 0 Å². The number of pyridine rings is 1. The number of rotatable bonds is 3. The highest BCUT2D eigenvalue weighted by Gasteiger charge is 2.13. The van der Waals surface area contributed by atoms with E-state index < -0.39 is 10.0 Å². The molecular formula is C13H13N3O3S. The lowest BCUT2D eigenvalue weighted by molar-refractivity contribution is 0.102. The number of carbonyl (C=O) groups excluding carboxylic acids is 1. The van der Waals surface area contributed by atoms with Gasteiger partial charge in [-0.2, -0.15) is 0 Å². The number of carbonyl (C=O) groups is 1. The normalized spacial score (nSPS) is 11.1. The van der Waals surface area contributed by atoms with Gasteiger partial charge in [-0.15, -0.1) is 0 Å². The summed E-state index contributed by atoms with van der Waals surface area (Å²) in [5.74, 6) is -0.367. The molecule has 0 unspecified atom stereocenters. The Hall–Kier alpha value is -2.25. The number of hydrogen-bond donors (Lipinski definition) is 2. The van der Waals surface area contributed by atoms with Gasteiger partial charge in [0.15, 0.2) is 0 Å². The zero-order valence-corrected chi connectivity index (χ0v) is 11.5. The van der Waals surface area contributed by atoms with Crippen LogP contribution in [-0.2, 0) is 10.0 Å². The van der Waals surface area contributed by atoms with Gasteiger partial charge < -0.3 is 5.32 Å². The number of amides is 1. The first-order valence-corrected chi connectivity index (χ1v) is 7.28. The topological polar surface area (TPSA) is 102 Å². The van der Waals surface area contributed by atoms with Crippen LogP contribution in [-0.4, -0.2) is 19.3 Å². The Balaban J connectivity index is 2.24. The lowest BCUT2D eigenvalue weighted by Crippen LogP contribution is -2.15. The van der Waals surface area contributed by atoms with Crippen LogP contribution in [0.25, 0.3) is 0 Å². The van der Waals surface area contributed by atoms with E-state index in [0.717, 1.165) is 0 Å². The van der Waals surface area contributed by atoms with Gasteiger partial charge in [-0.1, -0.05) is 6.07 Å². The molecule has 0 spiro atoms. The first kappa shape index (κ1) is 14.2. The van der Waals surface area contributed by atoms with Crippen molar-refractivity contribution in [1.82, 2.24) is 4.98 Å². The van der Waals surface area contributed by atoms with Gasteiger partial charge in [-0.05, 0) is 42.8 Å². The van der Waals surface area contributed by atoms with Crippen molar-refractivity contribution in [2.45, 2.75) is 11.8 Å². The molecular weight excluding hydrogens is 278 g/mol. The van der Waals surface area contributed by atoms with Gasteiger partial charge in [0.2, 0.25) is 10.0 Å². The van der Waals surface area contributed by atoms with Crippen molar-refractivity contribution in [2.24, 2.45) is 5.14 Å². The second-order valence-corrected chi connectivity index (χ2v) is 5.72. The van der Waals surface area contributed by atoms with Gasteiger partial charge in [0, 0.05) is 11.9 Å². The molecule has 0 fully saturated rings. The molecule has 20 heavy (non-hydrogen) atoms. The van der Waals surface area contributed by atoms with Crippen LogP contribution in [0.5, 0.6) is 0 Å². The minimum atomic E-state index is -3.76. The number of hydrogen-bond acceptors (Lipinski definition) is 4. The summed E-state index contributed by atoms with van der Waals surface area (Å²) in [6, 6.07) is 9.38. The van der Waals surface area contributed by atoms with Gasteiger partial charge in [0.25, 0.3) is 5.91 Å². The average molecular weight is 291 g/mol. The van der Waals surface area contributed by atoms with E-state index in [1.54, 1.807) is 31.2 Å². The smallest absolute Gasteiger partial charge is 0.274 e. The van der Waals surface area contributed by atoms with Crippen LogP contribution in [0.4, 0.5) is 5.69 Å². The van der Waals surface area contributed by atoms with Gasteiger partial charge in [0.1, 0.15) is 5.69 Å². The van der Waals surface area contributed by atoms with Crippen molar-refractivity contribution in [2.75, 3.05) is 5.32 Å². The van der Waals surface area contributed by atoms with E-state index in [-0.39, 0.29) is 16.5 Å². The summed E-state index contributed by atoms with van der Waals surface area (Å²) in [6.45, 7) is 1.61. The first-order valence-electron chi connectivity index (χ1n) is 5.74. The highest BCUT2D eigenvalue weighted by Crippen LogP contribution is 2.18. The maximum absolute atomic E-state index is 11.9. The van der Waals surface area contributed by atoms with Gasteiger partial charge in [0.05, 0.1) is 4.90 Å². The molecule has 2 aromatic rings. The predicted molar refractivity (Wildman–Crippen MR) is 74.7 cm³/mol. The van der Waals surface area contributed by atoms with Crippen molar-refractivity contribution < 1.29 is 13.2 Å². The monoisotopic (exact) mass is 291 g/mol. The zero-order valence-electron chi connectivity index (χ0n) is 10.7. The molecule has 104 valence electrons. The second-order valence-electron chi connectivity index (χ2n) is 4.19. The van der Waals surface area contributed by atoms with Crippen LogP contribution in [0.3, 0.4) is 0 Å². The zero-order chi connectivity index (χ0) is 14.8. The number of nitrogens with one attached hydrogen (secondary N) is 1. The highest BCUT2D eigenvalue weighted by atomic mass is 32.2. The summed E-state index contributed by atoms with van der Waals surface area (Å²) in [5, 5.41) is 7.72. The van der Waals surface area contributed by atoms with Gasteiger partial charge in [-0.3, -0.25) is 9.78 Å². The average Bonchev–Trinajstić information content (AvgIpc) is 2.38. The Morgan fingerprint density at radius 3 is 2.55 bits per heavy atom.